The average Bonchev–Trinajstić information content (AvgIpc) is 3.12. The van der Waals surface area contributed by atoms with E-state index in [1.807, 2.05) is 37.3 Å². The number of aromatic amines is 1. The number of aromatic nitrogens is 4. The Bertz CT molecular complexity index is 870. The topological polar surface area (TPSA) is 74.8 Å². The highest BCUT2D eigenvalue weighted by Crippen LogP contribution is 2.29. The van der Waals surface area contributed by atoms with Gasteiger partial charge in [-0.1, -0.05) is 12.1 Å². The van der Waals surface area contributed by atoms with Crippen LogP contribution in [-0.2, 0) is 6.54 Å². The predicted octanol–water partition coefficient (Wildman–Crippen LogP) is 2.34. The number of amides is 1. The molecule has 0 saturated heterocycles. The molecule has 2 aromatic heterocycles. The Kier molecular flexibility index (Phi) is 2.75. The van der Waals surface area contributed by atoms with Crippen LogP contribution in [0.3, 0.4) is 0 Å². The molecule has 1 amide bonds. The van der Waals surface area contributed by atoms with Gasteiger partial charge in [0.1, 0.15) is 5.82 Å². The van der Waals surface area contributed by atoms with Gasteiger partial charge in [-0.3, -0.25) is 14.9 Å². The van der Waals surface area contributed by atoms with E-state index in [2.05, 4.69) is 20.2 Å². The fourth-order valence-electron chi connectivity index (χ4n) is 2.62. The van der Waals surface area contributed by atoms with Crippen LogP contribution >= 0.6 is 0 Å². The van der Waals surface area contributed by atoms with E-state index in [4.69, 9.17) is 0 Å². The maximum Gasteiger partial charge on any atom is 0.260 e. The summed E-state index contributed by atoms with van der Waals surface area (Å²) in [5.74, 6) is 1.36. The second kappa shape index (κ2) is 4.77. The van der Waals surface area contributed by atoms with Crippen molar-refractivity contribution < 1.29 is 4.79 Å². The highest BCUT2D eigenvalue weighted by atomic mass is 16.2. The first-order chi connectivity index (χ1) is 10.7. The number of hydrogen-bond acceptors (Lipinski definition) is 4. The van der Waals surface area contributed by atoms with Crippen molar-refractivity contribution in [1.29, 1.82) is 0 Å². The first-order valence-corrected chi connectivity index (χ1v) is 6.97. The number of H-pyrrole nitrogens is 1. The Morgan fingerprint density at radius 3 is 2.91 bits per heavy atom. The zero-order valence-corrected chi connectivity index (χ0v) is 11.9. The Hall–Kier alpha value is -3.02. The third-order valence-electron chi connectivity index (χ3n) is 3.69. The Morgan fingerprint density at radius 1 is 1.23 bits per heavy atom. The molecule has 3 heterocycles. The molecule has 4 rings (SSSR count). The third-order valence-corrected chi connectivity index (χ3v) is 3.69. The molecule has 108 valence electrons. The predicted molar refractivity (Wildman–Crippen MR) is 81.3 cm³/mol. The molecule has 1 aromatic carbocycles. The number of benzene rings is 1. The summed E-state index contributed by atoms with van der Waals surface area (Å²) in [4.78, 5) is 22.8. The van der Waals surface area contributed by atoms with Gasteiger partial charge in [0.25, 0.3) is 5.91 Å². The first-order valence-electron chi connectivity index (χ1n) is 6.97. The number of aryl methyl sites for hydroxylation is 1. The van der Waals surface area contributed by atoms with E-state index < -0.39 is 0 Å². The van der Waals surface area contributed by atoms with Crippen LogP contribution in [0.2, 0.25) is 0 Å². The number of fused-ring (bicyclic) bond motifs is 1. The number of hydrogen-bond donors (Lipinski definition) is 1. The van der Waals surface area contributed by atoms with Gasteiger partial charge in [-0.2, -0.15) is 5.10 Å². The molecule has 0 radical (unpaired) electrons. The van der Waals surface area contributed by atoms with E-state index >= 15 is 0 Å². The van der Waals surface area contributed by atoms with Crippen LogP contribution in [0.25, 0.3) is 11.4 Å². The standard InChI is InChI=1S/C16H13N5O/c1-10-18-15(20-19-10)11-4-2-5-12(8-11)21-9-14-13(16(21)22)6-3-7-17-14/h2-8H,9H2,1H3,(H,18,19,20). The lowest BCUT2D eigenvalue weighted by Gasteiger charge is -2.15. The molecule has 0 bridgehead atoms. The van der Waals surface area contributed by atoms with Crippen LogP contribution < -0.4 is 4.90 Å². The molecule has 22 heavy (non-hydrogen) atoms. The van der Waals surface area contributed by atoms with Gasteiger partial charge < -0.3 is 4.90 Å². The summed E-state index contributed by atoms with van der Waals surface area (Å²) in [7, 11) is 0. The SMILES string of the molecule is Cc1nc(-c2cccc(N3Cc4ncccc4C3=O)c2)n[nH]1. The quantitative estimate of drug-likeness (QED) is 0.786. The van der Waals surface area contributed by atoms with Crippen LogP contribution in [-0.4, -0.2) is 26.1 Å². The highest BCUT2D eigenvalue weighted by molar-refractivity contribution is 6.09. The number of carbonyl (C=O) groups is 1. The molecule has 0 saturated carbocycles. The van der Waals surface area contributed by atoms with Gasteiger partial charge in [0.15, 0.2) is 5.82 Å². The average molecular weight is 291 g/mol. The molecular formula is C16H13N5O. The summed E-state index contributed by atoms with van der Waals surface area (Å²) >= 11 is 0. The number of rotatable bonds is 2. The lowest BCUT2D eigenvalue weighted by molar-refractivity contribution is 0.0996. The summed E-state index contributed by atoms with van der Waals surface area (Å²) in [5.41, 5.74) is 3.18. The summed E-state index contributed by atoms with van der Waals surface area (Å²) in [6, 6.07) is 11.3. The fourth-order valence-corrected chi connectivity index (χ4v) is 2.62. The zero-order valence-electron chi connectivity index (χ0n) is 11.9. The zero-order chi connectivity index (χ0) is 15.1. The molecular weight excluding hydrogens is 278 g/mol. The van der Waals surface area contributed by atoms with Crippen molar-refractivity contribution in [3.63, 3.8) is 0 Å². The summed E-state index contributed by atoms with van der Waals surface area (Å²) < 4.78 is 0. The molecule has 0 aliphatic carbocycles. The van der Waals surface area contributed by atoms with Crippen molar-refractivity contribution in [2.45, 2.75) is 13.5 Å². The summed E-state index contributed by atoms with van der Waals surface area (Å²) in [5, 5.41) is 6.99. The smallest absolute Gasteiger partial charge is 0.260 e. The molecule has 1 aliphatic rings. The van der Waals surface area contributed by atoms with Crippen molar-refractivity contribution in [3.8, 4) is 11.4 Å². The Labute approximate surface area is 126 Å². The van der Waals surface area contributed by atoms with Crippen LogP contribution in [0.1, 0.15) is 21.9 Å². The van der Waals surface area contributed by atoms with E-state index in [1.54, 1.807) is 17.2 Å². The molecule has 1 aliphatic heterocycles. The molecule has 0 fully saturated rings. The second-order valence-corrected chi connectivity index (χ2v) is 5.18. The van der Waals surface area contributed by atoms with Gasteiger partial charge in [-0.15, -0.1) is 0 Å². The van der Waals surface area contributed by atoms with Crippen LogP contribution in [0, 0.1) is 6.92 Å². The summed E-state index contributed by atoms with van der Waals surface area (Å²) in [6.07, 6.45) is 1.71. The number of nitrogens with one attached hydrogen (secondary N) is 1. The van der Waals surface area contributed by atoms with Gasteiger partial charge in [-0.25, -0.2) is 4.98 Å². The molecule has 0 unspecified atom stereocenters. The molecule has 6 heteroatoms. The van der Waals surface area contributed by atoms with E-state index in [9.17, 15) is 4.79 Å². The van der Waals surface area contributed by atoms with Gasteiger partial charge in [-0.05, 0) is 31.2 Å². The second-order valence-electron chi connectivity index (χ2n) is 5.18. The van der Waals surface area contributed by atoms with Crippen LogP contribution in [0.5, 0.6) is 0 Å². The minimum atomic E-state index is -0.0218. The van der Waals surface area contributed by atoms with Crippen molar-refractivity contribution in [2.24, 2.45) is 0 Å². The van der Waals surface area contributed by atoms with Crippen LogP contribution in [0.4, 0.5) is 5.69 Å². The maximum atomic E-state index is 12.5. The highest BCUT2D eigenvalue weighted by Gasteiger charge is 2.29. The number of carbonyl (C=O) groups excluding carboxylic acids is 1. The normalized spacial score (nSPS) is 13.5. The van der Waals surface area contributed by atoms with E-state index in [-0.39, 0.29) is 5.91 Å². The molecule has 0 atom stereocenters. The Balaban J connectivity index is 1.72. The fraction of sp³-hybridized carbons (Fsp3) is 0.125. The number of pyridine rings is 1. The number of nitrogens with zero attached hydrogens (tertiary/aromatic N) is 4. The molecule has 1 N–H and O–H groups in total. The van der Waals surface area contributed by atoms with Crippen molar-refractivity contribution >= 4 is 11.6 Å². The van der Waals surface area contributed by atoms with E-state index in [1.165, 1.54) is 0 Å². The maximum absolute atomic E-state index is 12.5. The Morgan fingerprint density at radius 2 is 2.14 bits per heavy atom. The van der Waals surface area contributed by atoms with E-state index in [0.717, 1.165) is 22.8 Å². The van der Waals surface area contributed by atoms with Gasteiger partial charge >= 0.3 is 0 Å². The van der Waals surface area contributed by atoms with Crippen LogP contribution in [0.15, 0.2) is 42.6 Å². The van der Waals surface area contributed by atoms with Crippen molar-refractivity contribution in [3.05, 3.63) is 59.7 Å². The van der Waals surface area contributed by atoms with Gasteiger partial charge in [0.05, 0.1) is 17.8 Å². The molecule has 3 aromatic rings. The largest absolute Gasteiger partial charge is 0.302 e. The van der Waals surface area contributed by atoms with Crippen molar-refractivity contribution in [1.82, 2.24) is 20.2 Å². The third kappa shape index (κ3) is 1.96. The monoisotopic (exact) mass is 291 g/mol. The number of anilines is 1. The van der Waals surface area contributed by atoms with E-state index in [0.29, 0.717) is 17.9 Å². The first kappa shape index (κ1) is 12.7. The lowest BCUT2D eigenvalue weighted by atomic mass is 10.2. The molecule has 6 nitrogen and oxygen atoms in total. The summed E-state index contributed by atoms with van der Waals surface area (Å²) in [6.45, 7) is 2.35. The lowest BCUT2D eigenvalue weighted by Crippen LogP contribution is -2.22. The van der Waals surface area contributed by atoms with Gasteiger partial charge in [0, 0.05) is 17.4 Å². The minimum absolute atomic E-state index is 0.0218. The molecule has 0 spiro atoms. The van der Waals surface area contributed by atoms with Gasteiger partial charge in [0.2, 0.25) is 0 Å². The van der Waals surface area contributed by atoms with Crippen molar-refractivity contribution in [2.75, 3.05) is 4.90 Å². The minimum Gasteiger partial charge on any atom is -0.302 e.